The number of nitrogens with one attached hydrogen (secondary N) is 1. The first-order chi connectivity index (χ1) is 13.9. The van der Waals surface area contributed by atoms with Gasteiger partial charge in [0.15, 0.2) is 0 Å². The molecule has 0 saturated carbocycles. The minimum absolute atomic E-state index is 0.0116. The van der Waals surface area contributed by atoms with E-state index in [0.717, 1.165) is 31.9 Å². The number of carboxylic acids is 1. The molecule has 0 aliphatic carbocycles. The van der Waals surface area contributed by atoms with Gasteiger partial charge in [-0.2, -0.15) is 5.10 Å². The molecule has 2 aromatic rings. The number of H-pyrrole nitrogens is 1. The first kappa shape index (κ1) is 22.7. The van der Waals surface area contributed by atoms with Crippen LogP contribution in [0.2, 0.25) is 5.02 Å². The fraction of sp³-hybridized carbons (Fsp3) is 0.450. The summed E-state index contributed by atoms with van der Waals surface area (Å²) in [5, 5.41) is 15.0. The zero-order valence-electron chi connectivity index (χ0n) is 16.4. The molecule has 3 rings (SSSR count). The van der Waals surface area contributed by atoms with Crippen LogP contribution < -0.4 is 10.5 Å². The maximum Gasteiger partial charge on any atom is 0.300 e. The van der Waals surface area contributed by atoms with Crippen molar-refractivity contribution in [2.24, 2.45) is 5.73 Å². The number of ether oxygens (including phenoxy) is 1. The van der Waals surface area contributed by atoms with Crippen molar-refractivity contribution in [2.45, 2.75) is 32.1 Å². The highest BCUT2D eigenvalue weighted by atomic mass is 35.5. The van der Waals surface area contributed by atoms with Crippen LogP contribution in [-0.4, -0.2) is 58.3 Å². The highest BCUT2D eigenvalue weighted by Crippen LogP contribution is 2.30. The van der Waals surface area contributed by atoms with Crippen molar-refractivity contribution in [3.05, 3.63) is 46.7 Å². The number of rotatable bonds is 6. The van der Waals surface area contributed by atoms with E-state index in [0.29, 0.717) is 48.5 Å². The number of amides is 1. The molecular weight excluding hydrogens is 396 g/mol. The number of benzene rings is 1. The minimum atomic E-state index is -0.833. The molecular formula is C20H27ClN4O4. The lowest BCUT2D eigenvalue weighted by molar-refractivity contribution is -0.134. The Morgan fingerprint density at radius 3 is 2.62 bits per heavy atom. The summed E-state index contributed by atoms with van der Waals surface area (Å²) in [6.07, 6.45) is 4.34. The second-order valence-electron chi connectivity index (χ2n) is 6.73. The second kappa shape index (κ2) is 11.4. The molecule has 1 saturated heterocycles. The zero-order valence-corrected chi connectivity index (χ0v) is 17.2. The zero-order chi connectivity index (χ0) is 21.2. The molecule has 1 aromatic carbocycles. The average molecular weight is 423 g/mol. The van der Waals surface area contributed by atoms with Crippen molar-refractivity contribution < 1.29 is 19.4 Å². The van der Waals surface area contributed by atoms with Crippen LogP contribution in [0.15, 0.2) is 30.5 Å². The van der Waals surface area contributed by atoms with Crippen LogP contribution in [0, 0.1) is 0 Å². The molecule has 1 fully saturated rings. The molecule has 2 heterocycles. The van der Waals surface area contributed by atoms with Gasteiger partial charge in [0.05, 0.1) is 12.2 Å². The summed E-state index contributed by atoms with van der Waals surface area (Å²) in [5.41, 5.74) is 7.20. The molecule has 29 heavy (non-hydrogen) atoms. The average Bonchev–Trinajstić information content (AvgIpc) is 3.22. The fourth-order valence-corrected chi connectivity index (χ4v) is 3.28. The molecule has 0 unspecified atom stereocenters. The van der Waals surface area contributed by atoms with E-state index < -0.39 is 5.97 Å². The van der Waals surface area contributed by atoms with Crippen LogP contribution in [0.1, 0.15) is 48.2 Å². The Kier molecular flexibility index (Phi) is 8.95. The van der Waals surface area contributed by atoms with Gasteiger partial charge in [-0.3, -0.25) is 14.7 Å². The van der Waals surface area contributed by atoms with Crippen molar-refractivity contribution in [2.75, 3.05) is 26.2 Å². The number of aliphatic carboxylic acids is 1. The lowest BCUT2D eigenvalue weighted by Crippen LogP contribution is -2.38. The molecule has 0 spiro atoms. The molecule has 1 amide bonds. The third-order valence-electron chi connectivity index (χ3n) is 4.52. The van der Waals surface area contributed by atoms with Gasteiger partial charge < -0.3 is 20.5 Å². The molecule has 0 radical (unpaired) electrons. The van der Waals surface area contributed by atoms with E-state index in [9.17, 15) is 4.79 Å². The van der Waals surface area contributed by atoms with Crippen LogP contribution in [0.4, 0.5) is 0 Å². The van der Waals surface area contributed by atoms with Crippen molar-refractivity contribution in [3.63, 3.8) is 0 Å². The maximum absolute atomic E-state index is 12.9. The van der Waals surface area contributed by atoms with Gasteiger partial charge in [-0.05, 0) is 50.1 Å². The standard InChI is InChI=1S/C18H23ClN4O2.C2H4O2/c19-14-2-3-15(17(12-14)25-11-1-7-20)18(24)23-9-5-13(6-10-23)16-4-8-21-22-16;1-2(3)4/h2-4,8,12-13H,1,5-7,9-11,20H2,(H,21,22);1H3,(H,3,4). The molecule has 8 nitrogen and oxygen atoms in total. The Morgan fingerprint density at radius 1 is 1.34 bits per heavy atom. The number of carbonyl (C=O) groups excluding carboxylic acids is 1. The molecule has 1 aliphatic rings. The molecule has 1 aromatic heterocycles. The number of likely N-dealkylation sites (tertiary alicyclic amines) is 1. The predicted molar refractivity (Wildman–Crippen MR) is 110 cm³/mol. The van der Waals surface area contributed by atoms with Gasteiger partial charge in [-0.25, -0.2) is 0 Å². The highest BCUT2D eigenvalue weighted by molar-refractivity contribution is 6.30. The van der Waals surface area contributed by atoms with Gasteiger partial charge in [-0.15, -0.1) is 0 Å². The summed E-state index contributed by atoms with van der Waals surface area (Å²) in [5.74, 6) is 0.112. The van der Waals surface area contributed by atoms with Gasteiger partial charge in [0, 0.05) is 42.8 Å². The maximum atomic E-state index is 12.9. The van der Waals surface area contributed by atoms with Gasteiger partial charge in [0.1, 0.15) is 5.75 Å². The molecule has 1 aliphatic heterocycles. The lowest BCUT2D eigenvalue weighted by atomic mass is 9.93. The number of piperidine rings is 1. The summed E-state index contributed by atoms with van der Waals surface area (Å²) < 4.78 is 5.73. The van der Waals surface area contributed by atoms with Gasteiger partial charge >= 0.3 is 0 Å². The van der Waals surface area contributed by atoms with Crippen LogP contribution >= 0.6 is 11.6 Å². The van der Waals surface area contributed by atoms with E-state index in [-0.39, 0.29) is 5.91 Å². The summed E-state index contributed by atoms with van der Waals surface area (Å²) >= 11 is 6.06. The number of aromatic amines is 1. The number of carboxylic acid groups (broad SMARTS) is 1. The first-order valence-corrected chi connectivity index (χ1v) is 9.90. The van der Waals surface area contributed by atoms with Crippen molar-refractivity contribution in [3.8, 4) is 5.75 Å². The Balaban J connectivity index is 0.000000687. The molecule has 0 bridgehead atoms. The van der Waals surface area contributed by atoms with E-state index in [1.807, 2.05) is 11.0 Å². The first-order valence-electron chi connectivity index (χ1n) is 9.52. The van der Waals surface area contributed by atoms with Crippen molar-refractivity contribution >= 4 is 23.5 Å². The monoisotopic (exact) mass is 422 g/mol. The van der Waals surface area contributed by atoms with E-state index in [1.54, 1.807) is 24.4 Å². The largest absolute Gasteiger partial charge is 0.493 e. The number of carbonyl (C=O) groups is 2. The number of hydrogen-bond donors (Lipinski definition) is 3. The fourth-order valence-electron chi connectivity index (χ4n) is 3.12. The SMILES string of the molecule is CC(=O)O.NCCCOc1cc(Cl)ccc1C(=O)N1CCC(c2ccn[nH]2)CC1. The third-order valence-corrected chi connectivity index (χ3v) is 4.76. The van der Waals surface area contributed by atoms with E-state index in [2.05, 4.69) is 10.2 Å². The summed E-state index contributed by atoms with van der Waals surface area (Å²) in [6, 6.07) is 7.17. The normalized spacial score (nSPS) is 14.1. The topological polar surface area (TPSA) is 122 Å². The number of hydrogen-bond acceptors (Lipinski definition) is 5. The van der Waals surface area contributed by atoms with E-state index in [1.165, 1.54) is 0 Å². The quantitative estimate of drug-likeness (QED) is 0.615. The second-order valence-corrected chi connectivity index (χ2v) is 7.17. The predicted octanol–water partition coefficient (Wildman–Crippen LogP) is 2.90. The smallest absolute Gasteiger partial charge is 0.300 e. The lowest BCUT2D eigenvalue weighted by Gasteiger charge is -2.32. The summed E-state index contributed by atoms with van der Waals surface area (Å²) in [4.78, 5) is 23.8. The molecule has 9 heteroatoms. The van der Waals surface area contributed by atoms with E-state index >= 15 is 0 Å². The minimum Gasteiger partial charge on any atom is -0.493 e. The third kappa shape index (κ3) is 7.07. The van der Waals surface area contributed by atoms with Gasteiger partial charge in [0.2, 0.25) is 0 Å². The number of nitrogens with zero attached hydrogens (tertiary/aromatic N) is 2. The van der Waals surface area contributed by atoms with Crippen LogP contribution in [0.25, 0.3) is 0 Å². The summed E-state index contributed by atoms with van der Waals surface area (Å²) in [7, 11) is 0. The summed E-state index contributed by atoms with van der Waals surface area (Å²) in [6.45, 7) is 3.53. The van der Waals surface area contributed by atoms with Crippen LogP contribution in [0.3, 0.4) is 0 Å². The van der Waals surface area contributed by atoms with Gasteiger partial charge in [-0.1, -0.05) is 11.6 Å². The van der Waals surface area contributed by atoms with Crippen LogP contribution in [-0.2, 0) is 4.79 Å². The number of nitrogens with two attached hydrogens (primary N) is 1. The Morgan fingerprint density at radius 2 is 2.03 bits per heavy atom. The van der Waals surface area contributed by atoms with E-state index in [4.69, 9.17) is 32.0 Å². The van der Waals surface area contributed by atoms with Crippen molar-refractivity contribution in [1.82, 2.24) is 15.1 Å². The molecule has 0 atom stereocenters. The Hall–Kier alpha value is -2.58. The number of halogens is 1. The van der Waals surface area contributed by atoms with Crippen LogP contribution in [0.5, 0.6) is 5.75 Å². The number of aromatic nitrogens is 2. The Bertz CT molecular complexity index is 786. The van der Waals surface area contributed by atoms with Crippen molar-refractivity contribution in [1.29, 1.82) is 0 Å². The molecule has 158 valence electrons. The highest BCUT2D eigenvalue weighted by Gasteiger charge is 2.26. The molecule has 4 N–H and O–H groups in total. The van der Waals surface area contributed by atoms with Gasteiger partial charge in [0.25, 0.3) is 11.9 Å². The Labute approximate surface area is 175 Å².